The first kappa shape index (κ1) is 19.4. The summed E-state index contributed by atoms with van der Waals surface area (Å²) in [6.45, 7) is 4.93. The molecule has 1 unspecified atom stereocenters. The Balaban J connectivity index is 1.55. The molecule has 0 radical (unpaired) electrons. The summed E-state index contributed by atoms with van der Waals surface area (Å²) in [5.41, 5.74) is 0.501. The van der Waals surface area contributed by atoms with Gasteiger partial charge in [-0.05, 0) is 57.0 Å². The number of amides is 2. The van der Waals surface area contributed by atoms with Crippen LogP contribution in [0.2, 0.25) is 0 Å². The Morgan fingerprint density at radius 2 is 2.03 bits per heavy atom. The van der Waals surface area contributed by atoms with E-state index in [1.54, 1.807) is 17.0 Å². The van der Waals surface area contributed by atoms with E-state index >= 15 is 0 Å². The van der Waals surface area contributed by atoms with Gasteiger partial charge in [0.15, 0.2) is 5.13 Å². The van der Waals surface area contributed by atoms with Gasteiger partial charge in [-0.15, -0.1) is 0 Å². The van der Waals surface area contributed by atoms with Crippen molar-refractivity contribution in [2.45, 2.75) is 32.2 Å². The first-order valence-electron chi connectivity index (χ1n) is 9.73. The van der Waals surface area contributed by atoms with Crippen LogP contribution in [0.15, 0.2) is 48.5 Å². The molecule has 4 rings (SSSR count). The Kier molecular flexibility index (Phi) is 5.24. The van der Waals surface area contributed by atoms with E-state index in [2.05, 4.69) is 10.3 Å². The Labute approximate surface area is 173 Å². The van der Waals surface area contributed by atoms with Crippen molar-refractivity contribution in [1.82, 2.24) is 9.88 Å². The van der Waals surface area contributed by atoms with Gasteiger partial charge in [-0.2, -0.15) is 0 Å². The largest absolute Gasteiger partial charge is 0.494 e. The number of aromatic nitrogens is 1. The molecule has 29 heavy (non-hydrogen) atoms. The molecule has 2 aromatic carbocycles. The van der Waals surface area contributed by atoms with Gasteiger partial charge in [0.1, 0.15) is 11.3 Å². The van der Waals surface area contributed by atoms with Gasteiger partial charge in [0, 0.05) is 12.1 Å². The van der Waals surface area contributed by atoms with Crippen molar-refractivity contribution in [1.29, 1.82) is 0 Å². The molecule has 1 aliphatic rings. The Bertz CT molecular complexity index is 1050. The van der Waals surface area contributed by atoms with Crippen molar-refractivity contribution < 1.29 is 14.3 Å². The lowest BCUT2D eigenvalue weighted by atomic mass is 9.97. The van der Waals surface area contributed by atoms with E-state index in [-0.39, 0.29) is 11.8 Å². The van der Waals surface area contributed by atoms with E-state index in [1.165, 1.54) is 11.3 Å². The number of anilines is 1. The lowest BCUT2D eigenvalue weighted by molar-refractivity contribution is -0.124. The predicted molar refractivity (Wildman–Crippen MR) is 115 cm³/mol. The minimum atomic E-state index is -0.902. The highest BCUT2D eigenvalue weighted by Gasteiger charge is 2.46. The summed E-state index contributed by atoms with van der Waals surface area (Å²) in [6.07, 6.45) is 1.41. The van der Waals surface area contributed by atoms with Gasteiger partial charge in [-0.3, -0.25) is 14.9 Å². The zero-order chi connectivity index (χ0) is 20.4. The molecular formula is C22H23N3O3S. The second-order valence-corrected chi connectivity index (χ2v) is 8.27. The molecule has 150 valence electrons. The average Bonchev–Trinajstić information content (AvgIpc) is 3.31. The molecule has 0 saturated carbocycles. The van der Waals surface area contributed by atoms with Crippen LogP contribution in [0, 0.1) is 0 Å². The number of carbonyl (C=O) groups excluding carboxylic acids is 2. The third-order valence-electron chi connectivity index (χ3n) is 5.29. The molecule has 0 spiro atoms. The summed E-state index contributed by atoms with van der Waals surface area (Å²) in [4.78, 5) is 32.3. The van der Waals surface area contributed by atoms with Crippen molar-refractivity contribution in [2.24, 2.45) is 0 Å². The SMILES string of the molecule is CCOc1ccc2nc(NC(=O)C3(C)CCCN3C(=O)c3ccccc3)sc2c1. The number of hydrogen-bond donors (Lipinski definition) is 1. The van der Waals surface area contributed by atoms with Gasteiger partial charge in [0.05, 0.1) is 16.8 Å². The monoisotopic (exact) mass is 409 g/mol. The predicted octanol–water partition coefficient (Wildman–Crippen LogP) is 4.33. The maximum atomic E-state index is 13.2. The van der Waals surface area contributed by atoms with E-state index in [0.717, 1.165) is 22.4 Å². The van der Waals surface area contributed by atoms with Crippen LogP contribution in [0.5, 0.6) is 5.75 Å². The lowest BCUT2D eigenvalue weighted by Gasteiger charge is -2.33. The fourth-order valence-electron chi connectivity index (χ4n) is 3.71. The molecule has 1 aliphatic heterocycles. The molecule has 2 heterocycles. The summed E-state index contributed by atoms with van der Waals surface area (Å²) in [5, 5.41) is 3.46. The van der Waals surface area contributed by atoms with Crippen LogP contribution < -0.4 is 10.1 Å². The molecular weight excluding hydrogens is 386 g/mol. The molecule has 1 saturated heterocycles. The summed E-state index contributed by atoms with van der Waals surface area (Å²) in [5.74, 6) is 0.457. The highest BCUT2D eigenvalue weighted by atomic mass is 32.1. The van der Waals surface area contributed by atoms with Crippen molar-refractivity contribution in [2.75, 3.05) is 18.5 Å². The van der Waals surface area contributed by atoms with Crippen LogP contribution in [0.4, 0.5) is 5.13 Å². The number of fused-ring (bicyclic) bond motifs is 1. The van der Waals surface area contributed by atoms with Crippen molar-refractivity contribution in [3.63, 3.8) is 0 Å². The molecule has 1 N–H and O–H groups in total. The molecule has 7 heteroatoms. The van der Waals surface area contributed by atoms with Crippen LogP contribution >= 0.6 is 11.3 Å². The van der Waals surface area contributed by atoms with Crippen LogP contribution in [0.1, 0.15) is 37.0 Å². The van der Waals surface area contributed by atoms with Gasteiger partial charge in [0.25, 0.3) is 11.8 Å². The van der Waals surface area contributed by atoms with Crippen molar-refractivity contribution in [3.05, 3.63) is 54.1 Å². The van der Waals surface area contributed by atoms with Gasteiger partial charge in [-0.1, -0.05) is 29.5 Å². The molecule has 3 aromatic rings. The normalized spacial score (nSPS) is 18.8. The van der Waals surface area contributed by atoms with Gasteiger partial charge >= 0.3 is 0 Å². The van der Waals surface area contributed by atoms with Crippen LogP contribution in [-0.2, 0) is 4.79 Å². The summed E-state index contributed by atoms with van der Waals surface area (Å²) >= 11 is 1.40. The van der Waals surface area contributed by atoms with Gasteiger partial charge in [-0.25, -0.2) is 4.98 Å². The smallest absolute Gasteiger partial charge is 0.254 e. The summed E-state index contributed by atoms with van der Waals surface area (Å²) in [6, 6.07) is 14.8. The number of likely N-dealkylation sites (tertiary alicyclic amines) is 1. The number of thiazole rings is 1. The number of nitrogens with zero attached hydrogens (tertiary/aromatic N) is 2. The molecule has 1 aromatic heterocycles. The Morgan fingerprint density at radius 3 is 2.79 bits per heavy atom. The number of benzene rings is 2. The fourth-order valence-corrected chi connectivity index (χ4v) is 4.60. The standard InChI is InChI=1S/C22H23N3O3S/c1-3-28-16-10-11-17-18(14-16)29-21(23-17)24-20(27)22(2)12-7-13-25(22)19(26)15-8-5-4-6-9-15/h4-6,8-11,14H,3,7,12-13H2,1-2H3,(H,23,24,27). The Morgan fingerprint density at radius 1 is 1.24 bits per heavy atom. The number of rotatable bonds is 5. The molecule has 6 nitrogen and oxygen atoms in total. The number of ether oxygens (including phenoxy) is 1. The lowest BCUT2D eigenvalue weighted by Crippen LogP contribution is -2.53. The molecule has 2 amide bonds. The molecule has 1 fully saturated rings. The minimum absolute atomic E-state index is 0.119. The van der Waals surface area contributed by atoms with E-state index in [9.17, 15) is 9.59 Å². The van der Waals surface area contributed by atoms with Crippen LogP contribution in [-0.4, -0.2) is 40.4 Å². The molecule has 1 atom stereocenters. The van der Waals surface area contributed by atoms with Crippen molar-refractivity contribution in [3.8, 4) is 5.75 Å². The first-order valence-corrected chi connectivity index (χ1v) is 10.5. The summed E-state index contributed by atoms with van der Waals surface area (Å²) < 4.78 is 6.48. The fraction of sp³-hybridized carbons (Fsp3) is 0.318. The van der Waals surface area contributed by atoms with Crippen LogP contribution in [0.3, 0.4) is 0 Å². The van der Waals surface area contributed by atoms with E-state index in [1.807, 2.05) is 50.2 Å². The molecule has 0 bridgehead atoms. The Hall–Kier alpha value is -2.93. The number of hydrogen-bond acceptors (Lipinski definition) is 5. The highest BCUT2D eigenvalue weighted by Crippen LogP contribution is 2.34. The first-order chi connectivity index (χ1) is 14.0. The minimum Gasteiger partial charge on any atom is -0.494 e. The van der Waals surface area contributed by atoms with E-state index in [4.69, 9.17) is 4.74 Å². The van der Waals surface area contributed by atoms with Crippen LogP contribution in [0.25, 0.3) is 10.2 Å². The zero-order valence-corrected chi connectivity index (χ0v) is 17.3. The topological polar surface area (TPSA) is 71.5 Å². The van der Waals surface area contributed by atoms with E-state index < -0.39 is 5.54 Å². The van der Waals surface area contributed by atoms with E-state index in [0.29, 0.717) is 30.3 Å². The van der Waals surface area contributed by atoms with Crippen molar-refractivity contribution >= 4 is 38.5 Å². The second kappa shape index (κ2) is 7.83. The van der Waals surface area contributed by atoms with Gasteiger partial charge in [0.2, 0.25) is 0 Å². The average molecular weight is 410 g/mol. The maximum absolute atomic E-state index is 13.2. The number of carbonyl (C=O) groups is 2. The quantitative estimate of drug-likeness (QED) is 0.681. The number of nitrogens with one attached hydrogen (secondary N) is 1. The second-order valence-electron chi connectivity index (χ2n) is 7.24. The summed E-state index contributed by atoms with van der Waals surface area (Å²) in [7, 11) is 0. The maximum Gasteiger partial charge on any atom is 0.254 e. The third kappa shape index (κ3) is 3.70. The highest BCUT2D eigenvalue weighted by molar-refractivity contribution is 7.22. The third-order valence-corrected chi connectivity index (χ3v) is 6.22. The zero-order valence-electron chi connectivity index (χ0n) is 16.5. The van der Waals surface area contributed by atoms with Gasteiger partial charge < -0.3 is 9.64 Å². The molecule has 0 aliphatic carbocycles.